The molecule has 66 valence electrons. The van der Waals surface area contributed by atoms with Gasteiger partial charge < -0.3 is 5.32 Å². The van der Waals surface area contributed by atoms with E-state index in [0.717, 1.165) is 18.5 Å². The molecule has 0 aromatic heterocycles. The second kappa shape index (κ2) is 4.70. The van der Waals surface area contributed by atoms with Crippen LogP contribution in [-0.2, 0) is 6.42 Å². The first-order valence-corrected chi connectivity index (χ1v) is 4.54. The quantitative estimate of drug-likeness (QED) is 0.724. The highest BCUT2D eigenvalue weighted by molar-refractivity contribution is 6.34. The van der Waals surface area contributed by atoms with Crippen LogP contribution < -0.4 is 5.32 Å². The van der Waals surface area contributed by atoms with Crippen molar-refractivity contribution >= 4 is 23.2 Å². The average molecular weight is 204 g/mol. The summed E-state index contributed by atoms with van der Waals surface area (Å²) in [6, 6.07) is 5.59. The van der Waals surface area contributed by atoms with Gasteiger partial charge in [0.15, 0.2) is 0 Å². The standard InChI is InChI=1S/C9H11Cl2N/c1-12-3-2-7-4-8(10)6-9(11)5-7/h4-6H,1-3,12H2. The van der Waals surface area contributed by atoms with Crippen LogP contribution in [0.4, 0.5) is 0 Å². The molecule has 1 aromatic carbocycles. The summed E-state index contributed by atoms with van der Waals surface area (Å²) in [5, 5.41) is 3.28. The van der Waals surface area contributed by atoms with E-state index in [-0.39, 0.29) is 0 Å². The van der Waals surface area contributed by atoms with Gasteiger partial charge in [-0.15, -0.1) is 0 Å². The molecule has 1 rings (SSSR count). The number of hydrogen-bond donors (Lipinski definition) is 1. The monoisotopic (exact) mass is 203 g/mol. The Morgan fingerprint density at radius 3 is 2.25 bits per heavy atom. The van der Waals surface area contributed by atoms with Gasteiger partial charge in [-0.3, -0.25) is 0 Å². The molecule has 0 amide bonds. The van der Waals surface area contributed by atoms with Gasteiger partial charge in [-0.25, -0.2) is 0 Å². The van der Waals surface area contributed by atoms with Gasteiger partial charge in [-0.2, -0.15) is 7.05 Å². The van der Waals surface area contributed by atoms with Gasteiger partial charge in [0.05, 0.1) is 6.54 Å². The number of halogens is 2. The van der Waals surface area contributed by atoms with E-state index in [9.17, 15) is 0 Å². The van der Waals surface area contributed by atoms with Crippen molar-refractivity contribution in [1.29, 1.82) is 0 Å². The lowest BCUT2D eigenvalue weighted by Crippen LogP contribution is -2.77. The third-order valence-electron chi connectivity index (χ3n) is 1.56. The van der Waals surface area contributed by atoms with Gasteiger partial charge in [-0.05, 0) is 23.8 Å². The third-order valence-corrected chi connectivity index (χ3v) is 2.00. The maximum Gasteiger partial charge on any atom is 0.0556 e. The van der Waals surface area contributed by atoms with E-state index in [4.69, 9.17) is 23.2 Å². The van der Waals surface area contributed by atoms with Crippen molar-refractivity contribution in [2.24, 2.45) is 0 Å². The molecule has 0 radical (unpaired) electrons. The zero-order chi connectivity index (χ0) is 8.97. The van der Waals surface area contributed by atoms with Gasteiger partial charge in [-0.1, -0.05) is 23.2 Å². The van der Waals surface area contributed by atoms with E-state index in [1.807, 2.05) is 17.4 Å². The maximum absolute atomic E-state index is 5.82. The highest BCUT2D eigenvalue weighted by Crippen LogP contribution is 2.18. The lowest BCUT2D eigenvalue weighted by Gasteiger charge is -2.02. The number of hydrogen-bond acceptors (Lipinski definition) is 0. The van der Waals surface area contributed by atoms with Crippen LogP contribution in [0.25, 0.3) is 0 Å². The minimum atomic E-state index is 0.696. The maximum atomic E-state index is 5.82. The second-order valence-corrected chi connectivity index (χ2v) is 3.48. The molecule has 3 heteroatoms. The average Bonchev–Trinajstić information content (AvgIpc) is 1.99. The van der Waals surface area contributed by atoms with Gasteiger partial charge in [0, 0.05) is 16.5 Å². The first-order chi connectivity index (χ1) is 5.72. The lowest BCUT2D eigenvalue weighted by molar-refractivity contribution is -0.594. The molecule has 12 heavy (non-hydrogen) atoms. The molecule has 0 saturated heterocycles. The number of nitrogens with two attached hydrogens (primary N) is 1. The molecule has 2 N–H and O–H groups in total. The Hall–Kier alpha value is -0.240. The molecular weight excluding hydrogens is 193 g/mol. The minimum Gasteiger partial charge on any atom is -0.479 e. The predicted octanol–water partition coefficient (Wildman–Crippen LogP) is 1.89. The van der Waals surface area contributed by atoms with Crippen molar-refractivity contribution in [3.63, 3.8) is 0 Å². The second-order valence-electron chi connectivity index (χ2n) is 2.61. The normalized spacial score (nSPS) is 10.2. The van der Waals surface area contributed by atoms with Crippen molar-refractivity contribution in [1.82, 2.24) is 0 Å². The Labute approximate surface area is 82.7 Å². The number of rotatable bonds is 3. The first-order valence-electron chi connectivity index (χ1n) is 3.78. The largest absolute Gasteiger partial charge is 0.479 e. The van der Waals surface area contributed by atoms with E-state index in [1.165, 1.54) is 0 Å². The van der Waals surface area contributed by atoms with E-state index in [2.05, 4.69) is 7.05 Å². The van der Waals surface area contributed by atoms with Crippen LogP contribution >= 0.6 is 23.2 Å². The van der Waals surface area contributed by atoms with Crippen LogP contribution in [-0.4, -0.2) is 6.54 Å². The first kappa shape index (κ1) is 9.85. The van der Waals surface area contributed by atoms with Crippen molar-refractivity contribution < 1.29 is 5.32 Å². The molecule has 0 aliphatic rings. The Morgan fingerprint density at radius 2 is 1.75 bits per heavy atom. The Bertz CT molecular complexity index is 240. The SMILES string of the molecule is [CH2-][NH2+]CCc1cc(Cl)cc(Cl)c1. The van der Waals surface area contributed by atoms with Gasteiger partial charge in [0.2, 0.25) is 0 Å². The predicted molar refractivity (Wildman–Crippen MR) is 52.3 cm³/mol. The van der Waals surface area contributed by atoms with Crippen molar-refractivity contribution in [3.05, 3.63) is 40.9 Å². The van der Waals surface area contributed by atoms with Crippen LogP contribution in [0.2, 0.25) is 10.0 Å². The zero-order valence-electron chi connectivity index (χ0n) is 6.69. The van der Waals surface area contributed by atoms with Crippen LogP contribution in [0.1, 0.15) is 5.56 Å². The summed E-state index contributed by atoms with van der Waals surface area (Å²) in [5.41, 5.74) is 1.16. The molecule has 0 aliphatic carbocycles. The highest BCUT2D eigenvalue weighted by atomic mass is 35.5. The molecule has 0 fully saturated rings. The van der Waals surface area contributed by atoms with E-state index in [0.29, 0.717) is 10.0 Å². The summed E-state index contributed by atoms with van der Waals surface area (Å²) in [6.07, 6.45) is 0.948. The molecule has 0 unspecified atom stereocenters. The fourth-order valence-corrected chi connectivity index (χ4v) is 1.60. The third kappa shape index (κ3) is 3.02. The van der Waals surface area contributed by atoms with Crippen LogP contribution in [0, 0.1) is 7.05 Å². The molecule has 0 bridgehead atoms. The van der Waals surface area contributed by atoms with Crippen molar-refractivity contribution in [2.45, 2.75) is 6.42 Å². The van der Waals surface area contributed by atoms with E-state index in [1.54, 1.807) is 6.07 Å². The Balaban J connectivity index is 2.72. The molecule has 0 saturated carbocycles. The fourth-order valence-electron chi connectivity index (χ4n) is 1.02. The van der Waals surface area contributed by atoms with Gasteiger partial charge >= 0.3 is 0 Å². The van der Waals surface area contributed by atoms with Crippen LogP contribution in [0.3, 0.4) is 0 Å². The molecule has 0 spiro atoms. The Kier molecular flexibility index (Phi) is 3.86. The molecule has 0 heterocycles. The van der Waals surface area contributed by atoms with Gasteiger partial charge in [0.1, 0.15) is 0 Å². The zero-order valence-corrected chi connectivity index (χ0v) is 8.20. The smallest absolute Gasteiger partial charge is 0.0556 e. The Morgan fingerprint density at radius 1 is 1.17 bits per heavy atom. The lowest BCUT2D eigenvalue weighted by atomic mass is 10.1. The van der Waals surface area contributed by atoms with Crippen LogP contribution in [0.15, 0.2) is 18.2 Å². The van der Waals surface area contributed by atoms with Crippen molar-refractivity contribution in [3.8, 4) is 0 Å². The molecule has 0 atom stereocenters. The van der Waals surface area contributed by atoms with Crippen LogP contribution in [0.5, 0.6) is 0 Å². The number of benzene rings is 1. The van der Waals surface area contributed by atoms with E-state index >= 15 is 0 Å². The summed E-state index contributed by atoms with van der Waals surface area (Å²) in [4.78, 5) is 0. The summed E-state index contributed by atoms with van der Waals surface area (Å²) in [5.74, 6) is 0. The molecular formula is C9H11Cl2N. The van der Waals surface area contributed by atoms with Crippen molar-refractivity contribution in [2.75, 3.05) is 6.54 Å². The topological polar surface area (TPSA) is 16.6 Å². The summed E-state index contributed by atoms with van der Waals surface area (Å²) in [7, 11) is 3.65. The summed E-state index contributed by atoms with van der Waals surface area (Å²) >= 11 is 11.6. The molecule has 0 aliphatic heterocycles. The molecule has 1 nitrogen and oxygen atoms in total. The molecule has 1 aromatic rings. The highest BCUT2D eigenvalue weighted by Gasteiger charge is 1.97. The fraction of sp³-hybridized carbons (Fsp3) is 0.222. The van der Waals surface area contributed by atoms with E-state index < -0.39 is 0 Å². The minimum absolute atomic E-state index is 0.696. The number of quaternary nitrogens is 1. The van der Waals surface area contributed by atoms with Gasteiger partial charge in [0.25, 0.3) is 0 Å². The summed E-state index contributed by atoms with van der Waals surface area (Å²) in [6.45, 7) is 0.955. The summed E-state index contributed by atoms with van der Waals surface area (Å²) < 4.78 is 0.